The highest BCUT2D eigenvalue weighted by Crippen LogP contribution is 2.30. The molecule has 0 aliphatic heterocycles. The van der Waals surface area contributed by atoms with Crippen LogP contribution in [0, 0.1) is 5.41 Å². The molecular formula is C24H32N6. The molecule has 0 radical (unpaired) electrons. The lowest BCUT2D eigenvalue weighted by Crippen LogP contribution is -2.24. The maximum Gasteiger partial charge on any atom is 0.176 e. The van der Waals surface area contributed by atoms with Crippen LogP contribution in [0.25, 0.3) is 21.8 Å². The number of likely N-dealkylation sites (N-methyl/N-ethyl adjacent to an activating group) is 1. The van der Waals surface area contributed by atoms with E-state index in [0.29, 0.717) is 5.56 Å². The van der Waals surface area contributed by atoms with Crippen LogP contribution < -0.4 is 5.84 Å². The second-order valence-corrected chi connectivity index (χ2v) is 7.03. The number of amidine groups is 1. The molecule has 0 aliphatic carbocycles. The van der Waals surface area contributed by atoms with Gasteiger partial charge in [0.25, 0.3) is 0 Å². The number of hydrogen-bond donors (Lipinski definition) is 2. The average molecular weight is 405 g/mol. The first-order valence-corrected chi connectivity index (χ1v) is 10.1. The lowest BCUT2D eigenvalue weighted by atomic mass is 10.1. The van der Waals surface area contributed by atoms with Gasteiger partial charge in [0, 0.05) is 47.0 Å². The number of fused-ring (bicyclic) bond motifs is 3. The minimum absolute atomic E-state index is 0.0694. The number of nitrogens with two attached hydrogens (primary N) is 1. The van der Waals surface area contributed by atoms with Crippen molar-refractivity contribution in [3.63, 3.8) is 0 Å². The highest BCUT2D eigenvalue weighted by atomic mass is 15.3. The molecule has 6 nitrogen and oxygen atoms in total. The number of nitrogens with one attached hydrogen (secondary N) is 1. The van der Waals surface area contributed by atoms with Crippen molar-refractivity contribution >= 4 is 27.6 Å². The van der Waals surface area contributed by atoms with Crippen molar-refractivity contribution in [3.05, 3.63) is 72.8 Å². The van der Waals surface area contributed by atoms with Crippen LogP contribution >= 0.6 is 0 Å². The van der Waals surface area contributed by atoms with Gasteiger partial charge in [0.15, 0.2) is 5.84 Å². The monoisotopic (exact) mass is 404 g/mol. The van der Waals surface area contributed by atoms with E-state index < -0.39 is 0 Å². The van der Waals surface area contributed by atoms with Gasteiger partial charge in [0.2, 0.25) is 0 Å². The molecule has 0 aliphatic rings. The van der Waals surface area contributed by atoms with E-state index in [2.05, 4.69) is 76.8 Å². The van der Waals surface area contributed by atoms with Crippen LogP contribution in [0.5, 0.6) is 0 Å². The quantitative estimate of drug-likeness (QED) is 0.135. The number of aromatic nitrogens is 1. The Morgan fingerprint density at radius 2 is 1.83 bits per heavy atom. The summed E-state index contributed by atoms with van der Waals surface area (Å²) in [5.74, 6) is 5.16. The predicted molar refractivity (Wildman–Crippen MR) is 128 cm³/mol. The fourth-order valence-corrected chi connectivity index (χ4v) is 3.40. The average Bonchev–Trinajstić information content (AvgIpc) is 3.06. The zero-order valence-corrected chi connectivity index (χ0v) is 18.2. The summed E-state index contributed by atoms with van der Waals surface area (Å²) in [6.07, 6.45) is 7.12. The minimum Gasteiger partial charge on any atom is -0.339 e. The molecule has 2 aromatic carbocycles. The summed E-state index contributed by atoms with van der Waals surface area (Å²) in [4.78, 5) is 2.35. The second kappa shape index (κ2) is 11.7. The highest BCUT2D eigenvalue weighted by Gasteiger charge is 2.12. The molecule has 30 heavy (non-hydrogen) atoms. The molecule has 0 atom stereocenters. The van der Waals surface area contributed by atoms with Gasteiger partial charge >= 0.3 is 0 Å². The summed E-state index contributed by atoms with van der Waals surface area (Å²) in [5, 5.41) is 17.2. The Labute approximate surface area is 178 Å². The SMILES string of the molecule is C/C=C/CCN(C)CCn1c2ccccc2c2cc(C(=N)N=NN)ccc21.C=CC. The molecule has 3 N–H and O–H groups in total. The van der Waals surface area contributed by atoms with Crippen LogP contribution in [0.1, 0.15) is 25.8 Å². The first-order chi connectivity index (χ1) is 14.6. The van der Waals surface area contributed by atoms with Crippen molar-refractivity contribution < 1.29 is 0 Å². The van der Waals surface area contributed by atoms with Gasteiger partial charge in [-0.3, -0.25) is 5.41 Å². The van der Waals surface area contributed by atoms with E-state index in [0.717, 1.165) is 31.4 Å². The molecule has 1 aromatic heterocycles. The maximum atomic E-state index is 7.98. The molecule has 0 saturated heterocycles. The molecule has 1 heterocycles. The first kappa shape index (κ1) is 23.0. The fourth-order valence-electron chi connectivity index (χ4n) is 3.40. The Morgan fingerprint density at radius 1 is 1.13 bits per heavy atom. The van der Waals surface area contributed by atoms with Crippen LogP contribution in [0.15, 0.2) is 77.6 Å². The molecule has 0 unspecified atom stereocenters. The van der Waals surface area contributed by atoms with Crippen molar-refractivity contribution in [1.29, 1.82) is 5.41 Å². The Balaban J connectivity index is 0.00000101. The van der Waals surface area contributed by atoms with Crippen LogP contribution in [-0.2, 0) is 6.54 Å². The van der Waals surface area contributed by atoms with Crippen LogP contribution in [-0.4, -0.2) is 35.4 Å². The molecule has 158 valence electrons. The van der Waals surface area contributed by atoms with E-state index in [4.69, 9.17) is 11.3 Å². The van der Waals surface area contributed by atoms with E-state index >= 15 is 0 Å². The van der Waals surface area contributed by atoms with Crippen molar-refractivity contribution in [2.45, 2.75) is 26.8 Å². The fraction of sp³-hybridized carbons (Fsp3) is 0.292. The van der Waals surface area contributed by atoms with E-state index in [-0.39, 0.29) is 5.84 Å². The molecule has 0 fully saturated rings. The van der Waals surface area contributed by atoms with Gasteiger partial charge in [0.1, 0.15) is 0 Å². The number of rotatable bonds is 7. The van der Waals surface area contributed by atoms with Gasteiger partial charge in [-0.05, 0) is 51.6 Å². The highest BCUT2D eigenvalue weighted by molar-refractivity contribution is 6.11. The number of hydrogen-bond acceptors (Lipinski definition) is 3. The van der Waals surface area contributed by atoms with Gasteiger partial charge in [-0.1, -0.05) is 41.7 Å². The Morgan fingerprint density at radius 3 is 2.53 bits per heavy atom. The third kappa shape index (κ3) is 5.64. The normalized spacial score (nSPS) is 11.5. The summed E-state index contributed by atoms with van der Waals surface area (Å²) in [5.41, 5.74) is 3.08. The van der Waals surface area contributed by atoms with Crippen molar-refractivity contribution in [1.82, 2.24) is 9.47 Å². The number of benzene rings is 2. The van der Waals surface area contributed by atoms with Gasteiger partial charge in [0.05, 0.1) is 0 Å². The molecular weight excluding hydrogens is 372 g/mol. The molecule has 6 heteroatoms. The summed E-state index contributed by atoms with van der Waals surface area (Å²) in [6.45, 7) is 10.2. The summed E-state index contributed by atoms with van der Waals surface area (Å²) in [6, 6.07) is 14.4. The predicted octanol–water partition coefficient (Wildman–Crippen LogP) is 5.54. The summed E-state index contributed by atoms with van der Waals surface area (Å²) in [7, 11) is 2.16. The molecule has 3 aromatic rings. The topological polar surface area (TPSA) is 82.8 Å². The lowest BCUT2D eigenvalue weighted by molar-refractivity contribution is 0.328. The van der Waals surface area contributed by atoms with Crippen LogP contribution in [0.4, 0.5) is 0 Å². The Bertz CT molecular complexity index is 1040. The van der Waals surface area contributed by atoms with Gasteiger partial charge < -0.3 is 15.3 Å². The van der Waals surface area contributed by atoms with E-state index in [1.165, 1.54) is 16.4 Å². The number of nitrogens with zero attached hydrogens (tertiary/aromatic N) is 4. The lowest BCUT2D eigenvalue weighted by Gasteiger charge is -2.17. The third-order valence-electron chi connectivity index (χ3n) is 4.82. The van der Waals surface area contributed by atoms with Gasteiger partial charge in [-0.25, -0.2) is 0 Å². The van der Waals surface area contributed by atoms with E-state index in [1.807, 2.05) is 25.1 Å². The zero-order valence-electron chi connectivity index (χ0n) is 18.2. The minimum atomic E-state index is 0.0694. The van der Waals surface area contributed by atoms with Crippen LogP contribution in [0.3, 0.4) is 0 Å². The van der Waals surface area contributed by atoms with Gasteiger partial charge in [-0.2, -0.15) is 0 Å². The third-order valence-corrected chi connectivity index (χ3v) is 4.82. The smallest absolute Gasteiger partial charge is 0.176 e. The number of allylic oxidation sites excluding steroid dienone is 2. The molecule has 0 saturated carbocycles. The molecule has 0 bridgehead atoms. The molecule has 0 spiro atoms. The largest absolute Gasteiger partial charge is 0.339 e. The van der Waals surface area contributed by atoms with Crippen LogP contribution in [0.2, 0.25) is 0 Å². The van der Waals surface area contributed by atoms with Gasteiger partial charge in [-0.15, -0.1) is 11.7 Å². The number of para-hydroxylation sites is 1. The van der Waals surface area contributed by atoms with E-state index in [9.17, 15) is 0 Å². The maximum absolute atomic E-state index is 7.98. The summed E-state index contributed by atoms with van der Waals surface area (Å²) < 4.78 is 2.36. The van der Waals surface area contributed by atoms with Crippen molar-refractivity contribution in [3.8, 4) is 0 Å². The standard InChI is InChI=1S/C21H26N6.C3H6/c1-3-4-7-12-26(2)13-14-27-19-9-6-5-8-17(19)18-15-16(10-11-20(18)27)21(22)24-25-23;1-3-2/h3-6,8-11,15H,7,12-14H2,1-2H3,(H3,22,23,24);3H,1H2,2H3/b4-3+;. The second-order valence-electron chi connectivity index (χ2n) is 7.03. The van der Waals surface area contributed by atoms with E-state index in [1.54, 1.807) is 6.08 Å². The first-order valence-electron chi connectivity index (χ1n) is 10.1. The Hall–Kier alpha value is -3.25. The molecule has 0 amide bonds. The van der Waals surface area contributed by atoms with Crippen molar-refractivity contribution in [2.75, 3.05) is 20.1 Å². The summed E-state index contributed by atoms with van der Waals surface area (Å²) >= 11 is 0. The molecule has 3 rings (SSSR count). The Kier molecular flexibility index (Phi) is 8.97. The zero-order chi connectivity index (χ0) is 21.9. The van der Waals surface area contributed by atoms with Crippen molar-refractivity contribution in [2.24, 2.45) is 16.2 Å².